The molecule has 0 aromatic carbocycles. The molecule has 0 radical (unpaired) electrons. The molecule has 138 valence electrons. The zero-order chi connectivity index (χ0) is 17.4. The van der Waals surface area contributed by atoms with E-state index >= 15 is 0 Å². The maximum absolute atomic E-state index is 12.9. The number of ether oxygens (including phenoxy) is 1. The highest BCUT2D eigenvalue weighted by atomic mass is 16.5. The Bertz CT molecular complexity index is 623. The summed E-state index contributed by atoms with van der Waals surface area (Å²) in [6.07, 6.45) is 7.08. The molecule has 0 unspecified atom stereocenters. The molecule has 4 rings (SSSR count). The molecule has 3 aliphatic heterocycles. The molecule has 4 atom stereocenters. The summed E-state index contributed by atoms with van der Waals surface area (Å²) in [5.41, 5.74) is 1.04. The number of rotatable bonds is 3. The van der Waals surface area contributed by atoms with Gasteiger partial charge in [0, 0.05) is 25.3 Å². The number of likely N-dealkylation sites (tertiary alicyclic amines) is 1. The van der Waals surface area contributed by atoms with Gasteiger partial charge in [0.05, 0.1) is 17.8 Å². The highest BCUT2D eigenvalue weighted by molar-refractivity contribution is 5.81. The molecule has 4 heterocycles. The number of amides is 1. The molecular formula is C19H30N4O2. The van der Waals surface area contributed by atoms with Crippen molar-refractivity contribution in [1.82, 2.24) is 14.7 Å². The number of aromatic nitrogens is 2. The Kier molecular flexibility index (Phi) is 4.71. The number of hydrogen-bond donors (Lipinski definition) is 1. The van der Waals surface area contributed by atoms with Crippen LogP contribution in [-0.2, 0) is 9.53 Å². The third-order valence-corrected chi connectivity index (χ3v) is 5.97. The van der Waals surface area contributed by atoms with Crippen molar-refractivity contribution < 1.29 is 9.53 Å². The maximum Gasteiger partial charge on any atom is 0.252 e. The first-order valence-corrected chi connectivity index (χ1v) is 9.95. The molecule has 6 heteroatoms. The predicted octanol–water partition coefficient (Wildman–Crippen LogP) is 3.27. The third-order valence-electron chi connectivity index (χ3n) is 5.97. The molecule has 3 aliphatic rings. The van der Waals surface area contributed by atoms with Crippen LogP contribution in [0.5, 0.6) is 0 Å². The van der Waals surface area contributed by atoms with E-state index in [1.165, 1.54) is 0 Å². The highest BCUT2D eigenvalue weighted by Crippen LogP contribution is 2.36. The monoisotopic (exact) mass is 346 g/mol. The molecule has 0 bridgehead atoms. The van der Waals surface area contributed by atoms with Gasteiger partial charge < -0.3 is 15.0 Å². The largest absolute Gasteiger partial charge is 0.368 e. The lowest BCUT2D eigenvalue weighted by molar-refractivity contribution is -0.145. The van der Waals surface area contributed by atoms with E-state index in [0.29, 0.717) is 18.7 Å². The zero-order valence-electron chi connectivity index (χ0n) is 15.4. The molecule has 6 nitrogen and oxygen atoms in total. The van der Waals surface area contributed by atoms with E-state index in [1.807, 2.05) is 4.90 Å². The van der Waals surface area contributed by atoms with Gasteiger partial charge >= 0.3 is 0 Å². The molecule has 1 aromatic rings. The van der Waals surface area contributed by atoms with Gasteiger partial charge in [-0.2, -0.15) is 5.10 Å². The molecule has 0 spiro atoms. The number of nitrogens with zero attached hydrogens (tertiary/aromatic N) is 3. The van der Waals surface area contributed by atoms with Crippen LogP contribution in [0.15, 0.2) is 6.07 Å². The molecule has 0 aliphatic carbocycles. The van der Waals surface area contributed by atoms with E-state index in [2.05, 4.69) is 29.9 Å². The van der Waals surface area contributed by atoms with Crippen LogP contribution >= 0.6 is 0 Å². The average Bonchev–Trinajstić information content (AvgIpc) is 3.31. The first-order valence-electron chi connectivity index (χ1n) is 9.95. The standard InChI is InChI=1S/C19H30N4O2/c1-3-14-11-13(2)23-18(20-14)12-15(21-23)16-7-4-5-9-22(16)19(24)17-8-6-10-25-17/h12-14,16-17,20H,3-11H2,1-2H3/t13-,14+,16-,17+/m0/s1. The fourth-order valence-corrected chi connectivity index (χ4v) is 4.53. The number of piperidine rings is 1. The fourth-order valence-electron chi connectivity index (χ4n) is 4.53. The second kappa shape index (κ2) is 6.98. The Morgan fingerprint density at radius 2 is 2.24 bits per heavy atom. The number of hydrogen-bond acceptors (Lipinski definition) is 4. The molecule has 0 saturated carbocycles. The predicted molar refractivity (Wildman–Crippen MR) is 96.5 cm³/mol. The Morgan fingerprint density at radius 3 is 3.00 bits per heavy atom. The van der Waals surface area contributed by atoms with E-state index in [1.54, 1.807) is 0 Å². The minimum absolute atomic E-state index is 0.0950. The summed E-state index contributed by atoms with van der Waals surface area (Å²) >= 11 is 0. The average molecular weight is 346 g/mol. The van der Waals surface area contributed by atoms with Crippen LogP contribution in [0.25, 0.3) is 0 Å². The molecule has 25 heavy (non-hydrogen) atoms. The molecule has 1 amide bonds. The minimum atomic E-state index is -0.237. The summed E-state index contributed by atoms with van der Waals surface area (Å²) in [5, 5.41) is 8.51. The van der Waals surface area contributed by atoms with Crippen LogP contribution in [0.1, 0.15) is 76.6 Å². The van der Waals surface area contributed by atoms with Crippen LogP contribution in [-0.4, -0.2) is 45.9 Å². The Hall–Kier alpha value is -1.56. The summed E-state index contributed by atoms with van der Waals surface area (Å²) in [5.74, 6) is 1.27. The Labute approximate surface area is 149 Å². The van der Waals surface area contributed by atoms with Gasteiger partial charge in [-0.25, -0.2) is 4.68 Å². The van der Waals surface area contributed by atoms with Crippen molar-refractivity contribution >= 4 is 11.7 Å². The normalized spacial score (nSPS) is 32.3. The second-order valence-electron chi connectivity index (χ2n) is 7.78. The van der Waals surface area contributed by atoms with Crippen LogP contribution < -0.4 is 5.32 Å². The summed E-state index contributed by atoms with van der Waals surface area (Å²) in [6.45, 7) is 6.00. The van der Waals surface area contributed by atoms with Crippen molar-refractivity contribution in [2.75, 3.05) is 18.5 Å². The maximum atomic E-state index is 12.9. The molecule has 2 saturated heterocycles. The highest BCUT2D eigenvalue weighted by Gasteiger charge is 2.36. The van der Waals surface area contributed by atoms with Crippen molar-refractivity contribution in [1.29, 1.82) is 0 Å². The molecule has 2 fully saturated rings. The van der Waals surface area contributed by atoms with E-state index in [-0.39, 0.29) is 18.1 Å². The number of carbonyl (C=O) groups is 1. The van der Waals surface area contributed by atoms with Crippen molar-refractivity contribution in [2.45, 2.75) is 83.0 Å². The first kappa shape index (κ1) is 16.9. The fraction of sp³-hybridized carbons (Fsp3) is 0.789. The Balaban J connectivity index is 1.58. The van der Waals surface area contributed by atoms with Crippen LogP contribution in [0.4, 0.5) is 5.82 Å². The minimum Gasteiger partial charge on any atom is -0.368 e. The zero-order valence-corrected chi connectivity index (χ0v) is 15.4. The lowest BCUT2D eigenvalue weighted by Crippen LogP contribution is -2.44. The summed E-state index contributed by atoms with van der Waals surface area (Å²) < 4.78 is 7.77. The van der Waals surface area contributed by atoms with E-state index in [0.717, 1.165) is 63.0 Å². The van der Waals surface area contributed by atoms with Gasteiger partial charge in [0.25, 0.3) is 5.91 Å². The number of carbonyl (C=O) groups excluding carboxylic acids is 1. The van der Waals surface area contributed by atoms with E-state index in [9.17, 15) is 4.79 Å². The van der Waals surface area contributed by atoms with Crippen molar-refractivity contribution in [3.63, 3.8) is 0 Å². The number of anilines is 1. The molecule has 1 aromatic heterocycles. The van der Waals surface area contributed by atoms with Gasteiger partial charge in [0.15, 0.2) is 0 Å². The smallest absolute Gasteiger partial charge is 0.252 e. The van der Waals surface area contributed by atoms with Gasteiger partial charge in [0.1, 0.15) is 11.9 Å². The van der Waals surface area contributed by atoms with Gasteiger partial charge in [0.2, 0.25) is 0 Å². The molecule has 1 N–H and O–H groups in total. The quantitative estimate of drug-likeness (QED) is 0.912. The lowest BCUT2D eigenvalue weighted by Gasteiger charge is -2.36. The second-order valence-corrected chi connectivity index (χ2v) is 7.78. The van der Waals surface area contributed by atoms with Gasteiger partial charge in [-0.15, -0.1) is 0 Å². The number of nitrogens with one attached hydrogen (secondary N) is 1. The molecular weight excluding hydrogens is 316 g/mol. The van der Waals surface area contributed by atoms with Crippen LogP contribution in [0.2, 0.25) is 0 Å². The van der Waals surface area contributed by atoms with Crippen LogP contribution in [0.3, 0.4) is 0 Å². The Morgan fingerprint density at radius 1 is 1.36 bits per heavy atom. The van der Waals surface area contributed by atoms with Gasteiger partial charge in [-0.1, -0.05) is 6.92 Å². The SMILES string of the molecule is CC[C@@H]1C[C@H](C)n2nc([C@@H]3CCCCN3C(=O)[C@H]3CCCO3)cc2N1. The van der Waals surface area contributed by atoms with E-state index < -0.39 is 0 Å². The van der Waals surface area contributed by atoms with Crippen molar-refractivity contribution in [3.8, 4) is 0 Å². The summed E-state index contributed by atoms with van der Waals surface area (Å²) in [6, 6.07) is 3.19. The topological polar surface area (TPSA) is 59.4 Å². The first-order chi connectivity index (χ1) is 12.2. The van der Waals surface area contributed by atoms with Crippen molar-refractivity contribution in [3.05, 3.63) is 11.8 Å². The number of fused-ring (bicyclic) bond motifs is 1. The summed E-state index contributed by atoms with van der Waals surface area (Å²) in [7, 11) is 0. The third kappa shape index (κ3) is 3.16. The lowest BCUT2D eigenvalue weighted by atomic mass is 9.98. The van der Waals surface area contributed by atoms with Gasteiger partial charge in [-0.3, -0.25) is 4.79 Å². The van der Waals surface area contributed by atoms with Gasteiger partial charge in [-0.05, 0) is 51.9 Å². The summed E-state index contributed by atoms with van der Waals surface area (Å²) in [4.78, 5) is 15.0. The van der Waals surface area contributed by atoms with E-state index in [4.69, 9.17) is 9.84 Å². The van der Waals surface area contributed by atoms with Crippen LogP contribution in [0, 0.1) is 0 Å². The van der Waals surface area contributed by atoms with Crippen molar-refractivity contribution in [2.24, 2.45) is 0 Å².